The monoisotopic (exact) mass is 272 g/mol. The Bertz CT molecular complexity index is 535. The number of aromatic nitrogens is 1. The standard InChI is InChI=1S/C16H20N2O2/c1-12(19)14-6-9-16(17-10-14)18(2)11-13-4-7-15(20-3)8-5-13/h4-10,12,19H,11H2,1-3H3. The van der Waals surface area contributed by atoms with Crippen molar-refractivity contribution in [3.05, 3.63) is 53.7 Å². The van der Waals surface area contributed by atoms with Gasteiger partial charge in [-0.1, -0.05) is 18.2 Å². The highest BCUT2D eigenvalue weighted by Crippen LogP contribution is 2.18. The Hall–Kier alpha value is -2.07. The maximum Gasteiger partial charge on any atom is 0.128 e. The highest BCUT2D eigenvalue weighted by Gasteiger charge is 2.06. The van der Waals surface area contributed by atoms with Crippen molar-refractivity contribution in [2.24, 2.45) is 0 Å². The van der Waals surface area contributed by atoms with Gasteiger partial charge in [0.05, 0.1) is 13.2 Å². The van der Waals surface area contributed by atoms with Gasteiger partial charge in [0.2, 0.25) is 0 Å². The molecule has 0 saturated carbocycles. The fourth-order valence-electron chi connectivity index (χ4n) is 1.96. The second-order valence-corrected chi connectivity index (χ2v) is 4.83. The van der Waals surface area contributed by atoms with Gasteiger partial charge in [-0.15, -0.1) is 0 Å². The smallest absolute Gasteiger partial charge is 0.128 e. The van der Waals surface area contributed by atoms with Gasteiger partial charge >= 0.3 is 0 Å². The van der Waals surface area contributed by atoms with Crippen molar-refractivity contribution in [3.8, 4) is 5.75 Å². The number of aliphatic hydroxyl groups is 1. The zero-order chi connectivity index (χ0) is 14.5. The maximum absolute atomic E-state index is 9.47. The number of pyridine rings is 1. The Kier molecular flexibility index (Phi) is 4.58. The molecular formula is C16H20N2O2. The molecule has 0 saturated heterocycles. The highest BCUT2D eigenvalue weighted by molar-refractivity contribution is 5.40. The molecule has 0 amide bonds. The summed E-state index contributed by atoms with van der Waals surface area (Å²) in [5, 5.41) is 9.47. The molecule has 0 spiro atoms. The van der Waals surface area contributed by atoms with Crippen molar-refractivity contribution in [2.45, 2.75) is 19.6 Å². The van der Waals surface area contributed by atoms with Gasteiger partial charge in [0, 0.05) is 19.8 Å². The molecule has 1 atom stereocenters. The Morgan fingerprint density at radius 1 is 1.20 bits per heavy atom. The fraction of sp³-hybridized carbons (Fsp3) is 0.312. The average Bonchev–Trinajstić information content (AvgIpc) is 2.48. The summed E-state index contributed by atoms with van der Waals surface area (Å²) in [6.07, 6.45) is 1.23. The number of benzene rings is 1. The molecule has 1 N–H and O–H groups in total. The molecule has 1 unspecified atom stereocenters. The van der Waals surface area contributed by atoms with Crippen molar-refractivity contribution in [1.29, 1.82) is 0 Å². The van der Waals surface area contributed by atoms with Crippen LogP contribution in [0.5, 0.6) is 5.75 Å². The SMILES string of the molecule is COc1ccc(CN(C)c2ccc(C(C)O)cn2)cc1. The van der Waals surface area contributed by atoms with Crippen molar-refractivity contribution < 1.29 is 9.84 Å². The molecule has 1 aromatic carbocycles. The number of aliphatic hydroxyl groups excluding tert-OH is 1. The third-order valence-corrected chi connectivity index (χ3v) is 3.22. The molecule has 0 bridgehead atoms. The van der Waals surface area contributed by atoms with Gasteiger partial charge < -0.3 is 14.7 Å². The molecule has 0 fully saturated rings. The van der Waals surface area contributed by atoms with E-state index < -0.39 is 6.10 Å². The van der Waals surface area contributed by atoms with Crippen LogP contribution < -0.4 is 9.64 Å². The van der Waals surface area contributed by atoms with E-state index in [9.17, 15) is 5.11 Å². The Balaban J connectivity index is 2.04. The van der Waals surface area contributed by atoms with Crippen LogP contribution in [-0.4, -0.2) is 24.2 Å². The molecule has 1 heterocycles. The van der Waals surface area contributed by atoms with Gasteiger partial charge in [-0.2, -0.15) is 0 Å². The second kappa shape index (κ2) is 6.39. The van der Waals surface area contributed by atoms with Crippen molar-refractivity contribution in [2.75, 3.05) is 19.1 Å². The molecule has 20 heavy (non-hydrogen) atoms. The summed E-state index contributed by atoms with van der Waals surface area (Å²) < 4.78 is 5.14. The van der Waals surface area contributed by atoms with Crippen molar-refractivity contribution in [3.63, 3.8) is 0 Å². The van der Waals surface area contributed by atoms with E-state index in [0.29, 0.717) is 0 Å². The molecular weight excluding hydrogens is 252 g/mol. The summed E-state index contributed by atoms with van der Waals surface area (Å²) in [4.78, 5) is 6.43. The molecule has 106 valence electrons. The largest absolute Gasteiger partial charge is 0.497 e. The predicted octanol–water partition coefficient (Wildman–Crippen LogP) is 2.78. The number of hydrogen-bond acceptors (Lipinski definition) is 4. The lowest BCUT2D eigenvalue weighted by atomic mass is 10.2. The summed E-state index contributed by atoms with van der Waals surface area (Å²) in [5.41, 5.74) is 2.02. The summed E-state index contributed by atoms with van der Waals surface area (Å²) in [6, 6.07) is 11.8. The summed E-state index contributed by atoms with van der Waals surface area (Å²) in [7, 11) is 3.66. The summed E-state index contributed by atoms with van der Waals surface area (Å²) in [5.74, 6) is 1.74. The van der Waals surface area contributed by atoms with Crippen molar-refractivity contribution >= 4 is 5.82 Å². The van der Waals surface area contributed by atoms with Crippen LogP contribution >= 0.6 is 0 Å². The van der Waals surface area contributed by atoms with Gasteiger partial charge in [-0.25, -0.2) is 4.98 Å². The predicted molar refractivity (Wildman–Crippen MR) is 80.0 cm³/mol. The first-order chi connectivity index (χ1) is 9.60. The van der Waals surface area contributed by atoms with Crippen LogP contribution in [0.1, 0.15) is 24.2 Å². The molecule has 0 aliphatic rings. The highest BCUT2D eigenvalue weighted by atomic mass is 16.5. The first-order valence-electron chi connectivity index (χ1n) is 6.58. The van der Waals surface area contributed by atoms with Gasteiger partial charge in [0.15, 0.2) is 0 Å². The summed E-state index contributed by atoms with van der Waals surface area (Å²) >= 11 is 0. The lowest BCUT2D eigenvalue weighted by Gasteiger charge is -2.19. The Labute approximate surface area is 119 Å². The number of methoxy groups -OCH3 is 1. The van der Waals surface area contributed by atoms with Gasteiger partial charge in [0.25, 0.3) is 0 Å². The topological polar surface area (TPSA) is 45.6 Å². The molecule has 0 radical (unpaired) electrons. The van der Waals surface area contributed by atoms with Crippen LogP contribution in [0.2, 0.25) is 0 Å². The zero-order valence-corrected chi connectivity index (χ0v) is 12.1. The number of ether oxygens (including phenoxy) is 1. The Morgan fingerprint density at radius 2 is 1.90 bits per heavy atom. The minimum Gasteiger partial charge on any atom is -0.497 e. The van der Waals surface area contributed by atoms with Crippen molar-refractivity contribution in [1.82, 2.24) is 4.98 Å². The van der Waals surface area contributed by atoms with Crippen LogP contribution in [0.25, 0.3) is 0 Å². The van der Waals surface area contributed by atoms with Gasteiger partial charge in [-0.3, -0.25) is 0 Å². The third kappa shape index (κ3) is 3.48. The first-order valence-corrected chi connectivity index (χ1v) is 6.58. The first kappa shape index (κ1) is 14.3. The van der Waals surface area contributed by atoms with E-state index in [1.54, 1.807) is 20.2 Å². The van der Waals surface area contributed by atoms with Gasteiger partial charge in [0.1, 0.15) is 11.6 Å². The van der Waals surface area contributed by atoms with E-state index in [-0.39, 0.29) is 0 Å². The van der Waals surface area contributed by atoms with Gasteiger partial charge in [-0.05, 0) is 36.2 Å². The molecule has 4 nitrogen and oxygen atoms in total. The molecule has 2 rings (SSSR count). The Morgan fingerprint density at radius 3 is 2.40 bits per heavy atom. The lowest BCUT2D eigenvalue weighted by molar-refractivity contribution is 0.199. The minimum atomic E-state index is -0.483. The van der Waals surface area contributed by atoms with E-state index in [0.717, 1.165) is 23.7 Å². The quantitative estimate of drug-likeness (QED) is 0.909. The maximum atomic E-state index is 9.47. The number of nitrogens with zero attached hydrogens (tertiary/aromatic N) is 2. The zero-order valence-electron chi connectivity index (χ0n) is 12.1. The lowest BCUT2D eigenvalue weighted by Crippen LogP contribution is -2.17. The van der Waals surface area contributed by atoms with E-state index in [2.05, 4.69) is 9.88 Å². The minimum absolute atomic E-state index is 0.483. The fourth-order valence-corrected chi connectivity index (χ4v) is 1.96. The molecule has 1 aromatic heterocycles. The molecule has 4 heteroatoms. The second-order valence-electron chi connectivity index (χ2n) is 4.83. The molecule has 2 aromatic rings. The summed E-state index contributed by atoms with van der Waals surface area (Å²) in [6.45, 7) is 2.50. The van der Waals surface area contributed by atoms with E-state index in [1.165, 1.54) is 5.56 Å². The number of anilines is 1. The third-order valence-electron chi connectivity index (χ3n) is 3.22. The van der Waals surface area contributed by atoms with E-state index >= 15 is 0 Å². The normalized spacial score (nSPS) is 12.0. The van der Waals surface area contributed by atoms with Crippen LogP contribution in [0.3, 0.4) is 0 Å². The average molecular weight is 272 g/mol. The van der Waals surface area contributed by atoms with Crippen LogP contribution in [0, 0.1) is 0 Å². The number of hydrogen-bond donors (Lipinski definition) is 1. The van der Waals surface area contributed by atoms with Crippen LogP contribution in [-0.2, 0) is 6.54 Å². The van der Waals surface area contributed by atoms with E-state index in [1.807, 2.05) is 43.4 Å². The van der Waals surface area contributed by atoms with Crippen LogP contribution in [0.4, 0.5) is 5.82 Å². The molecule has 0 aliphatic heterocycles. The van der Waals surface area contributed by atoms with E-state index in [4.69, 9.17) is 4.74 Å². The van der Waals surface area contributed by atoms with Crippen LogP contribution in [0.15, 0.2) is 42.6 Å². The number of rotatable bonds is 5. The molecule has 0 aliphatic carbocycles.